The molecule has 2 aromatic rings. The number of piperazine rings is 1. The Morgan fingerprint density at radius 2 is 1.96 bits per heavy atom. The van der Waals surface area contributed by atoms with E-state index in [2.05, 4.69) is 10.6 Å². The molecule has 0 radical (unpaired) electrons. The predicted octanol–water partition coefficient (Wildman–Crippen LogP) is 2.11. The van der Waals surface area contributed by atoms with Crippen LogP contribution < -0.4 is 10.6 Å². The van der Waals surface area contributed by atoms with Crippen LogP contribution in [-0.2, 0) is 20.7 Å². The minimum absolute atomic E-state index is 0.122. The van der Waals surface area contributed by atoms with Crippen LogP contribution in [0.1, 0.15) is 39.2 Å². The zero-order valence-corrected chi connectivity index (χ0v) is 15.7. The fraction of sp³-hybridized carbons (Fsp3) is 0.450. The van der Waals surface area contributed by atoms with Crippen molar-refractivity contribution in [1.82, 2.24) is 15.2 Å². The summed E-state index contributed by atoms with van der Waals surface area (Å²) < 4.78 is 6.94. The number of carbonyl (C=O) groups excluding carboxylic acids is 3. The van der Waals surface area contributed by atoms with Gasteiger partial charge >= 0.3 is 6.09 Å². The quantitative estimate of drug-likeness (QED) is 0.848. The number of benzene rings is 1. The number of hydrogen-bond acceptors (Lipinski definition) is 4. The molecule has 2 N–H and O–H groups in total. The molecule has 0 bridgehead atoms. The molecule has 4 rings (SSSR count). The molecule has 0 unspecified atom stereocenters. The lowest BCUT2D eigenvalue weighted by atomic mass is 10.0. The van der Waals surface area contributed by atoms with Crippen LogP contribution in [0.5, 0.6) is 0 Å². The summed E-state index contributed by atoms with van der Waals surface area (Å²) in [5, 5.41) is 6.54. The summed E-state index contributed by atoms with van der Waals surface area (Å²) >= 11 is 0. The second-order valence-electron chi connectivity index (χ2n) is 8.32. The molecular weight excluding hydrogens is 346 g/mol. The first-order valence-corrected chi connectivity index (χ1v) is 9.14. The summed E-state index contributed by atoms with van der Waals surface area (Å²) in [4.78, 5) is 37.3. The lowest BCUT2D eigenvalue weighted by Gasteiger charge is -2.29. The van der Waals surface area contributed by atoms with Gasteiger partial charge in [0, 0.05) is 18.0 Å². The van der Waals surface area contributed by atoms with Crippen molar-refractivity contribution in [2.45, 2.75) is 57.2 Å². The number of carbonyl (C=O) groups is 3. The molecule has 7 heteroatoms. The van der Waals surface area contributed by atoms with Gasteiger partial charge in [-0.15, -0.1) is 0 Å². The number of rotatable bonds is 2. The largest absolute Gasteiger partial charge is 0.443 e. The number of nitrogens with zero attached hydrogens (tertiary/aromatic N) is 1. The molecule has 2 amide bonds. The minimum Gasteiger partial charge on any atom is -0.443 e. The van der Waals surface area contributed by atoms with Gasteiger partial charge in [0.2, 0.25) is 11.8 Å². The first kappa shape index (κ1) is 17.6. The molecule has 1 spiro atoms. The lowest BCUT2D eigenvalue weighted by molar-refractivity contribution is -0.137. The van der Waals surface area contributed by atoms with Gasteiger partial charge in [-0.1, -0.05) is 18.2 Å². The lowest BCUT2D eigenvalue weighted by Crippen LogP contribution is -2.63. The van der Waals surface area contributed by atoms with Crippen LogP contribution in [0, 0.1) is 0 Å². The Bertz CT molecular complexity index is 950. The average Bonchev–Trinajstić information content (AvgIpc) is 3.26. The standard InChI is InChI=1S/C20H23N3O4/c1-19(2,3)27-18(26)23-11-12(13-6-4-5-7-15(13)23)10-14-16(24)22-20(8-9-20)17(25)21-14/h4-7,11,14H,8-10H2,1-3H3,(H,21,25)(H,22,24)/t14-/m0/s1. The Kier molecular flexibility index (Phi) is 3.80. The van der Waals surface area contributed by atoms with E-state index in [1.165, 1.54) is 4.57 Å². The van der Waals surface area contributed by atoms with Crippen molar-refractivity contribution in [3.63, 3.8) is 0 Å². The van der Waals surface area contributed by atoms with E-state index in [0.717, 1.165) is 10.9 Å². The van der Waals surface area contributed by atoms with E-state index in [-0.39, 0.29) is 11.8 Å². The normalized spacial score (nSPS) is 21.1. The summed E-state index contributed by atoms with van der Waals surface area (Å²) in [5.74, 6) is -0.302. The van der Waals surface area contributed by atoms with Gasteiger partial charge < -0.3 is 15.4 Å². The predicted molar refractivity (Wildman–Crippen MR) is 99.3 cm³/mol. The molecule has 1 aliphatic heterocycles. The first-order chi connectivity index (χ1) is 12.7. The number of nitrogens with one attached hydrogen (secondary N) is 2. The first-order valence-electron chi connectivity index (χ1n) is 9.14. The van der Waals surface area contributed by atoms with Crippen LogP contribution in [0.25, 0.3) is 10.9 Å². The maximum absolute atomic E-state index is 12.6. The van der Waals surface area contributed by atoms with Crippen LogP contribution in [-0.4, -0.2) is 39.7 Å². The van der Waals surface area contributed by atoms with Crippen LogP contribution >= 0.6 is 0 Å². The monoisotopic (exact) mass is 369 g/mol. The number of hydrogen-bond donors (Lipinski definition) is 2. The van der Waals surface area contributed by atoms with Crippen molar-refractivity contribution in [2.75, 3.05) is 0 Å². The highest BCUT2D eigenvalue weighted by atomic mass is 16.6. The van der Waals surface area contributed by atoms with Crippen molar-refractivity contribution < 1.29 is 19.1 Å². The van der Waals surface area contributed by atoms with E-state index in [1.807, 2.05) is 45.0 Å². The van der Waals surface area contributed by atoms with Gasteiger partial charge in [0.25, 0.3) is 0 Å². The third-order valence-corrected chi connectivity index (χ3v) is 4.98. The van der Waals surface area contributed by atoms with Crippen molar-refractivity contribution in [3.05, 3.63) is 36.0 Å². The fourth-order valence-electron chi connectivity index (χ4n) is 3.46. The Morgan fingerprint density at radius 3 is 2.63 bits per heavy atom. The van der Waals surface area contributed by atoms with E-state index in [0.29, 0.717) is 24.8 Å². The molecule has 1 saturated carbocycles. The molecule has 1 aliphatic carbocycles. The van der Waals surface area contributed by atoms with E-state index in [4.69, 9.17) is 4.74 Å². The highest BCUT2D eigenvalue weighted by Gasteiger charge is 2.55. The van der Waals surface area contributed by atoms with E-state index in [9.17, 15) is 14.4 Å². The Labute approximate surface area is 157 Å². The second-order valence-corrected chi connectivity index (χ2v) is 8.32. The van der Waals surface area contributed by atoms with Crippen molar-refractivity contribution in [1.29, 1.82) is 0 Å². The van der Waals surface area contributed by atoms with Gasteiger partial charge in [0.15, 0.2) is 0 Å². The van der Waals surface area contributed by atoms with Crippen molar-refractivity contribution in [2.24, 2.45) is 0 Å². The second kappa shape index (κ2) is 5.84. The van der Waals surface area contributed by atoms with Crippen LogP contribution in [0.4, 0.5) is 4.79 Å². The number of ether oxygens (including phenoxy) is 1. The molecule has 1 aromatic carbocycles. The molecule has 1 atom stereocenters. The fourth-order valence-corrected chi connectivity index (χ4v) is 3.46. The molecule has 27 heavy (non-hydrogen) atoms. The van der Waals surface area contributed by atoms with Gasteiger partial charge in [-0.3, -0.25) is 14.2 Å². The molecule has 1 saturated heterocycles. The summed E-state index contributed by atoms with van der Waals surface area (Å²) in [5.41, 5.74) is 0.225. The third kappa shape index (κ3) is 3.18. The van der Waals surface area contributed by atoms with Crippen molar-refractivity contribution in [3.8, 4) is 0 Å². The number of para-hydroxylation sites is 1. The number of amides is 2. The maximum Gasteiger partial charge on any atom is 0.419 e. The molecule has 1 aromatic heterocycles. The molecule has 2 heterocycles. The van der Waals surface area contributed by atoms with Crippen LogP contribution in [0.2, 0.25) is 0 Å². The van der Waals surface area contributed by atoms with E-state index < -0.39 is 23.3 Å². The van der Waals surface area contributed by atoms with Gasteiger partial charge in [-0.25, -0.2) is 4.79 Å². The molecule has 2 aliphatic rings. The minimum atomic E-state index is -0.682. The Balaban J connectivity index is 1.63. The smallest absolute Gasteiger partial charge is 0.419 e. The number of fused-ring (bicyclic) bond motifs is 1. The van der Waals surface area contributed by atoms with Gasteiger partial charge in [0.05, 0.1) is 5.52 Å². The Morgan fingerprint density at radius 1 is 1.26 bits per heavy atom. The Hall–Kier alpha value is -2.83. The maximum atomic E-state index is 12.6. The topological polar surface area (TPSA) is 89.4 Å². The van der Waals surface area contributed by atoms with Gasteiger partial charge in [0.1, 0.15) is 17.2 Å². The van der Waals surface area contributed by atoms with Crippen molar-refractivity contribution >= 4 is 28.8 Å². The van der Waals surface area contributed by atoms with E-state index in [1.54, 1.807) is 6.20 Å². The van der Waals surface area contributed by atoms with Gasteiger partial charge in [-0.2, -0.15) is 0 Å². The highest BCUT2D eigenvalue weighted by molar-refractivity contribution is 6.02. The molecule has 2 fully saturated rings. The molecular formula is C20H23N3O4. The van der Waals surface area contributed by atoms with Gasteiger partial charge in [-0.05, 0) is 45.2 Å². The van der Waals surface area contributed by atoms with Crippen LogP contribution in [0.15, 0.2) is 30.5 Å². The number of aromatic nitrogens is 1. The highest BCUT2D eigenvalue weighted by Crippen LogP contribution is 2.37. The SMILES string of the molecule is CC(C)(C)OC(=O)n1cc(C[C@@H]2NC(=O)C3(CC3)NC2=O)c2ccccc21. The van der Waals surface area contributed by atoms with Crippen LogP contribution in [0.3, 0.4) is 0 Å². The van der Waals surface area contributed by atoms with E-state index >= 15 is 0 Å². The zero-order valence-electron chi connectivity index (χ0n) is 15.7. The third-order valence-electron chi connectivity index (χ3n) is 4.98. The summed E-state index contributed by atoms with van der Waals surface area (Å²) in [7, 11) is 0. The summed E-state index contributed by atoms with van der Waals surface area (Å²) in [6.07, 6.45) is 2.91. The molecule has 7 nitrogen and oxygen atoms in total. The average molecular weight is 369 g/mol. The summed E-state index contributed by atoms with van der Waals surface area (Å²) in [6, 6.07) is 6.81. The molecule has 142 valence electrons. The summed E-state index contributed by atoms with van der Waals surface area (Å²) in [6.45, 7) is 5.44. The zero-order chi connectivity index (χ0) is 19.4.